The van der Waals surface area contributed by atoms with Crippen LogP contribution in [0.5, 0.6) is 11.5 Å². The second-order valence-electron chi connectivity index (χ2n) is 5.73. The molecule has 1 heterocycles. The van der Waals surface area contributed by atoms with Crippen molar-refractivity contribution in [3.63, 3.8) is 0 Å². The Morgan fingerprint density at radius 2 is 2.04 bits per heavy atom. The summed E-state index contributed by atoms with van der Waals surface area (Å²) < 4.78 is 5.06. The number of carbonyl (C=O) groups excluding carboxylic acids is 1. The molecule has 2 aromatic carbocycles. The molecule has 0 saturated carbocycles. The highest BCUT2D eigenvalue weighted by Crippen LogP contribution is 2.30. The summed E-state index contributed by atoms with van der Waals surface area (Å²) in [5.41, 5.74) is 2.08. The van der Waals surface area contributed by atoms with Gasteiger partial charge in [-0.25, -0.2) is 4.98 Å². The van der Waals surface area contributed by atoms with Gasteiger partial charge in [0.15, 0.2) is 17.3 Å². The highest BCUT2D eigenvalue weighted by Gasteiger charge is 2.16. The van der Waals surface area contributed by atoms with Gasteiger partial charge in [-0.2, -0.15) is 0 Å². The molecular weight excluding hydrogens is 384 g/mol. The predicted molar refractivity (Wildman–Crippen MR) is 109 cm³/mol. The molecule has 0 fully saturated rings. The lowest BCUT2D eigenvalue weighted by Crippen LogP contribution is -2.03. The molecule has 1 N–H and O–H groups in total. The van der Waals surface area contributed by atoms with Gasteiger partial charge in [0.1, 0.15) is 11.6 Å². The zero-order valence-electron chi connectivity index (χ0n) is 14.8. The summed E-state index contributed by atoms with van der Waals surface area (Å²) >= 11 is 7.25. The van der Waals surface area contributed by atoms with E-state index in [1.807, 2.05) is 12.1 Å². The van der Waals surface area contributed by atoms with Gasteiger partial charge in [0, 0.05) is 22.4 Å². The first-order valence-electron chi connectivity index (χ1n) is 8.12. The van der Waals surface area contributed by atoms with Gasteiger partial charge < -0.3 is 9.84 Å². The molecule has 0 radical (unpaired) electrons. The van der Waals surface area contributed by atoms with Crippen molar-refractivity contribution in [2.75, 3.05) is 13.7 Å². The average molecular weight is 401 g/mol. The number of aliphatic imine (C=N–C) groups is 1. The number of aromatic hydroxyl groups is 1. The third-order valence-corrected chi connectivity index (χ3v) is 5.36. The molecule has 7 heteroatoms. The predicted octanol–water partition coefficient (Wildman–Crippen LogP) is 4.79. The number of ether oxygens (including phenoxy) is 1. The maximum Gasteiger partial charge on any atom is 0.196 e. The van der Waals surface area contributed by atoms with Crippen molar-refractivity contribution in [2.45, 2.75) is 6.92 Å². The molecule has 0 bridgehead atoms. The summed E-state index contributed by atoms with van der Waals surface area (Å²) in [6, 6.07) is 12.4. The minimum atomic E-state index is -0.121. The van der Waals surface area contributed by atoms with Crippen molar-refractivity contribution in [1.82, 2.24) is 4.98 Å². The van der Waals surface area contributed by atoms with E-state index in [0.717, 1.165) is 10.6 Å². The molecule has 0 saturated heterocycles. The zero-order chi connectivity index (χ0) is 19.4. The number of Topliss-reactive ketones (excluding diaryl/α,β-unsaturated/α-hetero) is 1. The van der Waals surface area contributed by atoms with Gasteiger partial charge in [-0.3, -0.25) is 9.79 Å². The number of benzene rings is 2. The van der Waals surface area contributed by atoms with Gasteiger partial charge in [-0.1, -0.05) is 29.8 Å². The maximum atomic E-state index is 12.5. The highest BCUT2D eigenvalue weighted by atomic mass is 35.5. The van der Waals surface area contributed by atoms with Gasteiger partial charge in [-0.15, -0.1) is 11.3 Å². The van der Waals surface area contributed by atoms with Crippen LogP contribution in [0.2, 0.25) is 5.02 Å². The first-order chi connectivity index (χ1) is 13.0. The number of methoxy groups -OCH3 is 1. The van der Waals surface area contributed by atoms with Crippen molar-refractivity contribution in [3.05, 3.63) is 63.6 Å². The highest BCUT2D eigenvalue weighted by molar-refractivity contribution is 7.17. The fourth-order valence-electron chi connectivity index (χ4n) is 2.48. The first-order valence-corrected chi connectivity index (χ1v) is 9.31. The topological polar surface area (TPSA) is 71.8 Å². The van der Waals surface area contributed by atoms with E-state index in [-0.39, 0.29) is 18.1 Å². The molecule has 27 heavy (non-hydrogen) atoms. The first kappa shape index (κ1) is 19.1. The molecule has 0 atom stereocenters. The quantitative estimate of drug-likeness (QED) is 0.477. The van der Waals surface area contributed by atoms with E-state index in [2.05, 4.69) is 9.98 Å². The standard InChI is InChI=1S/C20H17ClN2O3S/c1-12-19(27-20(23-12)13-6-8-15(21)9-7-13)16(24)11-22-10-14-4-3-5-17(26-2)18(14)25/h3-10,25H,11H2,1-2H3. The fourth-order valence-corrected chi connectivity index (χ4v) is 3.61. The number of aromatic nitrogens is 1. The van der Waals surface area contributed by atoms with E-state index in [9.17, 15) is 9.90 Å². The molecule has 1 aromatic heterocycles. The molecule has 138 valence electrons. The van der Waals surface area contributed by atoms with Crippen molar-refractivity contribution in [2.24, 2.45) is 4.99 Å². The molecule has 0 aliphatic heterocycles. The average Bonchev–Trinajstić information content (AvgIpc) is 3.05. The van der Waals surface area contributed by atoms with Crippen LogP contribution in [0.3, 0.4) is 0 Å². The van der Waals surface area contributed by atoms with Crippen LogP contribution in [0.1, 0.15) is 20.9 Å². The summed E-state index contributed by atoms with van der Waals surface area (Å²) in [5, 5.41) is 11.5. The molecule has 0 aliphatic rings. The minimum Gasteiger partial charge on any atom is -0.504 e. The molecular formula is C20H17ClN2O3S. The van der Waals surface area contributed by atoms with E-state index in [0.29, 0.717) is 26.9 Å². The fraction of sp³-hybridized carbons (Fsp3) is 0.150. The smallest absolute Gasteiger partial charge is 0.196 e. The van der Waals surface area contributed by atoms with Crippen LogP contribution in [0.4, 0.5) is 0 Å². The van der Waals surface area contributed by atoms with Gasteiger partial charge in [0.05, 0.1) is 17.7 Å². The number of aryl methyl sites for hydroxylation is 1. The van der Waals surface area contributed by atoms with Gasteiger partial charge in [0.25, 0.3) is 0 Å². The molecule has 3 aromatic rings. The molecule has 5 nitrogen and oxygen atoms in total. The third kappa shape index (κ3) is 4.35. The molecule has 0 spiro atoms. The van der Waals surface area contributed by atoms with E-state index in [1.54, 1.807) is 37.3 Å². The monoisotopic (exact) mass is 400 g/mol. The Labute approximate surface area is 165 Å². The van der Waals surface area contributed by atoms with Crippen LogP contribution in [0.15, 0.2) is 47.5 Å². The maximum absolute atomic E-state index is 12.5. The second-order valence-corrected chi connectivity index (χ2v) is 7.17. The minimum absolute atomic E-state index is 0.00445. The Hall–Kier alpha value is -2.70. The SMILES string of the molecule is COc1cccc(C=NCC(=O)c2sc(-c3ccc(Cl)cc3)nc2C)c1O. The van der Waals surface area contributed by atoms with Crippen molar-refractivity contribution in [3.8, 4) is 22.1 Å². The van der Waals surface area contributed by atoms with Crippen LogP contribution in [0, 0.1) is 6.92 Å². The van der Waals surface area contributed by atoms with Gasteiger partial charge >= 0.3 is 0 Å². The summed E-state index contributed by atoms with van der Waals surface area (Å²) in [7, 11) is 1.48. The summed E-state index contributed by atoms with van der Waals surface area (Å²) in [6.07, 6.45) is 1.46. The van der Waals surface area contributed by atoms with Crippen LogP contribution in [0.25, 0.3) is 10.6 Å². The van der Waals surface area contributed by atoms with Crippen LogP contribution < -0.4 is 4.74 Å². The second kappa shape index (κ2) is 8.33. The van der Waals surface area contributed by atoms with Gasteiger partial charge in [0.2, 0.25) is 0 Å². The Kier molecular flexibility index (Phi) is 5.88. The number of thiazole rings is 1. The lowest BCUT2D eigenvalue weighted by molar-refractivity contribution is 0.100. The van der Waals surface area contributed by atoms with E-state index < -0.39 is 0 Å². The molecule has 0 aliphatic carbocycles. The largest absolute Gasteiger partial charge is 0.504 e. The van der Waals surface area contributed by atoms with E-state index in [4.69, 9.17) is 16.3 Å². The van der Waals surface area contributed by atoms with Crippen LogP contribution in [-0.2, 0) is 0 Å². The number of hydrogen-bond acceptors (Lipinski definition) is 6. The Balaban J connectivity index is 1.74. The zero-order valence-corrected chi connectivity index (χ0v) is 16.3. The van der Waals surface area contributed by atoms with Crippen molar-refractivity contribution < 1.29 is 14.6 Å². The van der Waals surface area contributed by atoms with E-state index in [1.165, 1.54) is 24.7 Å². The van der Waals surface area contributed by atoms with Crippen molar-refractivity contribution >= 4 is 34.9 Å². The number of rotatable bonds is 6. The number of nitrogens with zero attached hydrogens (tertiary/aromatic N) is 2. The summed E-state index contributed by atoms with van der Waals surface area (Å²) in [6.45, 7) is 1.78. The summed E-state index contributed by atoms with van der Waals surface area (Å²) in [4.78, 5) is 21.7. The lowest BCUT2D eigenvalue weighted by atomic mass is 10.2. The number of carbonyl (C=O) groups is 1. The van der Waals surface area contributed by atoms with Crippen LogP contribution in [-0.4, -0.2) is 35.7 Å². The molecule has 0 amide bonds. The summed E-state index contributed by atoms with van der Waals surface area (Å²) in [5.74, 6) is 0.232. The third-order valence-electron chi connectivity index (χ3n) is 3.86. The number of para-hydroxylation sites is 1. The lowest BCUT2D eigenvalue weighted by Gasteiger charge is -2.04. The number of phenols is 1. The van der Waals surface area contributed by atoms with Crippen molar-refractivity contribution in [1.29, 1.82) is 0 Å². The number of phenolic OH excluding ortho intramolecular Hbond substituents is 1. The molecule has 0 unspecified atom stereocenters. The Bertz CT molecular complexity index is 997. The van der Waals surface area contributed by atoms with E-state index >= 15 is 0 Å². The Morgan fingerprint density at radius 3 is 2.74 bits per heavy atom. The number of halogens is 1. The number of hydrogen-bond donors (Lipinski definition) is 1. The van der Waals surface area contributed by atoms with Crippen LogP contribution >= 0.6 is 22.9 Å². The molecule has 3 rings (SSSR count). The number of ketones is 1. The van der Waals surface area contributed by atoms with Gasteiger partial charge in [-0.05, 0) is 31.2 Å². The Morgan fingerprint density at radius 1 is 1.30 bits per heavy atom. The normalized spacial score (nSPS) is 11.1.